The zero-order valence-corrected chi connectivity index (χ0v) is 64.3. The second kappa shape index (κ2) is 29.3. The molecule has 6 nitrogen and oxygen atoms in total. The summed E-state index contributed by atoms with van der Waals surface area (Å²) in [6, 6.07) is 155. The van der Waals surface area contributed by atoms with Gasteiger partial charge in [-0.2, -0.15) is 0 Å². The van der Waals surface area contributed by atoms with Gasteiger partial charge in [0.25, 0.3) is 0 Å². The average molecular weight is 1500 g/mol. The Morgan fingerprint density at radius 2 is 0.347 bits per heavy atom. The predicted molar refractivity (Wildman–Crippen MR) is 491 cm³/mol. The van der Waals surface area contributed by atoms with E-state index in [4.69, 9.17) is 20.6 Å². The molecule has 0 aliphatic carbocycles. The Labute approximate surface area is 683 Å². The van der Waals surface area contributed by atoms with Crippen molar-refractivity contribution in [3.8, 4) is 167 Å². The standard InChI is InChI=1S/C112H72N6/c1-11-35-73(36-12-1)85-63-86(74-37-13-2-14-38-74)66-89(65-85)97-71-117(115-113-97)91-57-31-55-83(69-91)105-101(79-47-23-7-24-48-79)102(80-49-25-8-26-50-80)106(84-56-32-58-92(70-84)118-72-98(114-116-118)90-67-87(75-39-15-3-16-40-75)64-88(68-90)76-41-17-4-18-42-76)112-96-62-34-60-94-108(96)107-93(59-33-61-95(107)111(105)112)109-103(81-51-27-9-28-52-81)99(77-43-19-5-20-44-77)100(78-45-21-6-22-46-78)104(110(94)109)82-53-29-10-30-54-82/h1-72H. The summed E-state index contributed by atoms with van der Waals surface area (Å²) in [6.45, 7) is 0. The smallest absolute Gasteiger partial charge is 0.113 e. The van der Waals surface area contributed by atoms with E-state index in [2.05, 4.69) is 437 Å². The van der Waals surface area contributed by atoms with Gasteiger partial charge >= 0.3 is 0 Å². The molecule has 0 saturated carbocycles. The van der Waals surface area contributed by atoms with Crippen LogP contribution in [0.4, 0.5) is 0 Å². The third-order valence-corrected chi connectivity index (χ3v) is 23.5. The van der Waals surface area contributed by atoms with Crippen LogP contribution < -0.4 is 0 Å². The van der Waals surface area contributed by atoms with E-state index in [-0.39, 0.29) is 0 Å². The maximum atomic E-state index is 5.06. The lowest BCUT2D eigenvalue weighted by atomic mass is 9.73. The topological polar surface area (TPSA) is 61.4 Å². The maximum Gasteiger partial charge on any atom is 0.113 e. The second-order valence-corrected chi connectivity index (χ2v) is 30.4. The maximum absolute atomic E-state index is 5.06. The Morgan fingerprint density at radius 1 is 0.144 bits per heavy atom. The fourth-order valence-corrected chi connectivity index (χ4v) is 18.4. The van der Waals surface area contributed by atoms with E-state index in [0.717, 1.165) is 177 Å². The highest BCUT2D eigenvalue weighted by molar-refractivity contribution is 6.46. The molecule has 550 valence electrons. The molecule has 22 aromatic rings. The van der Waals surface area contributed by atoms with E-state index in [9.17, 15) is 0 Å². The van der Waals surface area contributed by atoms with Crippen molar-refractivity contribution >= 4 is 53.9 Å². The van der Waals surface area contributed by atoms with Gasteiger partial charge in [-0.3, -0.25) is 0 Å². The van der Waals surface area contributed by atoms with Gasteiger partial charge in [0, 0.05) is 11.1 Å². The Bertz CT molecular complexity index is 6960. The normalized spacial score (nSPS) is 11.6. The van der Waals surface area contributed by atoms with Crippen LogP contribution in [-0.4, -0.2) is 30.0 Å². The van der Waals surface area contributed by atoms with Crippen molar-refractivity contribution in [2.75, 3.05) is 0 Å². The molecule has 0 unspecified atom stereocenters. The molecule has 6 heteroatoms. The summed E-state index contributed by atoms with van der Waals surface area (Å²) >= 11 is 0. The third kappa shape index (κ3) is 12.0. The number of rotatable bonds is 16. The lowest BCUT2D eigenvalue weighted by molar-refractivity contribution is 0.804. The Hall–Kier alpha value is -15.8. The highest BCUT2D eigenvalue weighted by Crippen LogP contribution is 2.60. The molecule has 0 radical (unpaired) electrons. The number of benzene rings is 20. The van der Waals surface area contributed by atoms with Gasteiger partial charge in [-0.1, -0.05) is 374 Å². The summed E-state index contributed by atoms with van der Waals surface area (Å²) in [5.41, 5.74) is 31.9. The zero-order valence-electron chi connectivity index (χ0n) is 64.3. The lowest BCUT2D eigenvalue weighted by Crippen LogP contribution is -2.02. The number of hydrogen-bond acceptors (Lipinski definition) is 4. The van der Waals surface area contributed by atoms with Crippen LogP contribution in [0.5, 0.6) is 0 Å². The minimum atomic E-state index is 0.762. The molecule has 0 aliphatic rings. The number of aromatic nitrogens is 6. The molecule has 20 aromatic carbocycles. The van der Waals surface area contributed by atoms with Crippen LogP contribution in [0.15, 0.2) is 437 Å². The number of hydrogen-bond donors (Lipinski definition) is 0. The SMILES string of the molecule is c1ccc(-c2cc(-c3ccccc3)cc(-c3cn(-c4cccc(-c5c(-c6ccccc6)c(-c6ccccc6)c(-c6cccc(-n7cc(-c8cc(-c9ccccc9)cc(-c9ccccc9)c8)nn7)c6)c6c7cccc8c9c(-c%10ccccc%10)c(-c%10ccccc%10)c(-c%10ccccc%10)c(-c%10ccccc%10)c9c9cccc(c56)c9c87)c4)nn3)c2)cc1. The van der Waals surface area contributed by atoms with E-state index in [0.29, 0.717) is 0 Å². The summed E-state index contributed by atoms with van der Waals surface area (Å²) in [7, 11) is 0. The van der Waals surface area contributed by atoms with Crippen molar-refractivity contribution < 1.29 is 0 Å². The molecule has 0 spiro atoms. The summed E-state index contributed by atoms with van der Waals surface area (Å²) in [4.78, 5) is 0. The molecule has 0 N–H and O–H groups in total. The van der Waals surface area contributed by atoms with Crippen molar-refractivity contribution in [3.63, 3.8) is 0 Å². The second-order valence-electron chi connectivity index (χ2n) is 30.4. The van der Waals surface area contributed by atoms with Crippen molar-refractivity contribution in [2.45, 2.75) is 0 Å². The van der Waals surface area contributed by atoms with E-state index in [1.165, 1.54) is 43.8 Å². The molecule has 118 heavy (non-hydrogen) atoms. The first-order chi connectivity index (χ1) is 58.6. The van der Waals surface area contributed by atoms with Gasteiger partial charge < -0.3 is 0 Å². The van der Waals surface area contributed by atoms with Crippen molar-refractivity contribution in [3.05, 3.63) is 437 Å². The van der Waals surface area contributed by atoms with Crippen molar-refractivity contribution in [1.29, 1.82) is 0 Å². The summed E-state index contributed by atoms with van der Waals surface area (Å²) in [5, 5.41) is 31.8. The largest absolute Gasteiger partial charge is 0.220 e. The molecular weight excluding hydrogens is 1430 g/mol. The van der Waals surface area contributed by atoms with Gasteiger partial charge in [0.05, 0.1) is 23.8 Å². The first kappa shape index (κ1) is 69.0. The quantitative estimate of drug-likeness (QED) is 0.0714. The molecule has 2 heterocycles. The molecule has 0 amide bonds. The van der Waals surface area contributed by atoms with Crippen LogP contribution in [0.2, 0.25) is 0 Å². The molecule has 0 atom stereocenters. The Balaban J connectivity index is 0.870. The van der Waals surface area contributed by atoms with Gasteiger partial charge in [-0.25, -0.2) is 9.36 Å². The molecular formula is C112H72N6. The zero-order chi connectivity index (χ0) is 78.0. The first-order valence-corrected chi connectivity index (χ1v) is 40.2. The minimum absolute atomic E-state index is 0.762. The van der Waals surface area contributed by atoms with Crippen LogP contribution in [0.3, 0.4) is 0 Å². The van der Waals surface area contributed by atoms with Crippen molar-refractivity contribution in [2.24, 2.45) is 0 Å². The first-order valence-electron chi connectivity index (χ1n) is 40.2. The van der Waals surface area contributed by atoms with Gasteiger partial charge in [0.15, 0.2) is 0 Å². The fraction of sp³-hybridized carbons (Fsp3) is 0. The van der Waals surface area contributed by atoms with E-state index in [1.54, 1.807) is 0 Å². The number of fused-ring (bicyclic) bond motifs is 6. The molecule has 22 rings (SSSR count). The number of nitrogens with zero attached hydrogens (tertiary/aromatic N) is 6. The summed E-state index contributed by atoms with van der Waals surface area (Å²) in [5.74, 6) is 0. The Kier molecular flexibility index (Phi) is 17.1. The monoisotopic (exact) mass is 1500 g/mol. The van der Waals surface area contributed by atoms with E-state index >= 15 is 0 Å². The van der Waals surface area contributed by atoms with Crippen LogP contribution in [0, 0.1) is 0 Å². The highest BCUT2D eigenvalue weighted by Gasteiger charge is 2.33. The van der Waals surface area contributed by atoms with Crippen LogP contribution >= 0.6 is 0 Å². The molecule has 0 saturated heterocycles. The molecule has 0 bridgehead atoms. The van der Waals surface area contributed by atoms with Crippen LogP contribution in [0.25, 0.3) is 221 Å². The average Bonchev–Trinajstić information content (AvgIpc) is 0.780. The van der Waals surface area contributed by atoms with Gasteiger partial charge in [0.2, 0.25) is 0 Å². The molecule has 2 aromatic heterocycles. The Morgan fingerprint density at radius 3 is 0.602 bits per heavy atom. The van der Waals surface area contributed by atoms with Crippen molar-refractivity contribution in [1.82, 2.24) is 30.0 Å². The predicted octanol–water partition coefficient (Wildman–Crippen LogP) is 29.4. The third-order valence-electron chi connectivity index (χ3n) is 23.5. The fourth-order valence-electron chi connectivity index (χ4n) is 18.4. The van der Waals surface area contributed by atoms with Crippen LogP contribution in [0.1, 0.15) is 0 Å². The summed E-state index contributed by atoms with van der Waals surface area (Å²) < 4.78 is 3.90. The van der Waals surface area contributed by atoms with E-state index in [1.807, 2.05) is 9.36 Å². The molecule has 0 fully saturated rings. The van der Waals surface area contributed by atoms with Gasteiger partial charge in [-0.05, 0) is 248 Å². The van der Waals surface area contributed by atoms with Crippen LogP contribution in [-0.2, 0) is 0 Å². The highest BCUT2D eigenvalue weighted by atomic mass is 15.4. The van der Waals surface area contributed by atoms with E-state index < -0.39 is 0 Å². The van der Waals surface area contributed by atoms with Gasteiger partial charge in [0.1, 0.15) is 11.4 Å². The lowest BCUT2D eigenvalue weighted by Gasteiger charge is -2.29. The molecule has 0 aliphatic heterocycles. The minimum Gasteiger partial charge on any atom is -0.220 e. The summed E-state index contributed by atoms with van der Waals surface area (Å²) in [6.07, 6.45) is 4.17. The van der Waals surface area contributed by atoms with Gasteiger partial charge in [-0.15, -0.1) is 10.2 Å².